The maximum Gasteiger partial charge on any atom is 0.229 e. The molecule has 1 unspecified atom stereocenters. The van der Waals surface area contributed by atoms with Crippen LogP contribution in [0.2, 0.25) is 0 Å². The zero-order valence-electron chi connectivity index (χ0n) is 10.1. The first-order valence-corrected chi connectivity index (χ1v) is 5.85. The third-order valence-corrected chi connectivity index (χ3v) is 2.98. The fraction of sp³-hybridized carbons (Fsp3) is 0.500. The first-order valence-electron chi connectivity index (χ1n) is 5.85. The molecule has 1 aromatic carbocycles. The van der Waals surface area contributed by atoms with Gasteiger partial charge in [-0.05, 0) is 24.3 Å². The second kappa shape index (κ2) is 5.72. The largest absolute Gasteiger partial charge is 0.462 e. The summed E-state index contributed by atoms with van der Waals surface area (Å²) in [5, 5.41) is 38.0. The molecule has 1 aromatic rings. The highest BCUT2D eigenvalue weighted by Crippen LogP contribution is 2.24. The van der Waals surface area contributed by atoms with Gasteiger partial charge in [0.1, 0.15) is 30.2 Å². The Labute approximate surface area is 109 Å². The minimum absolute atomic E-state index is 0.388. The van der Waals surface area contributed by atoms with Gasteiger partial charge in [0.2, 0.25) is 6.29 Å². The fourth-order valence-corrected chi connectivity index (χ4v) is 1.85. The van der Waals surface area contributed by atoms with Gasteiger partial charge in [0.25, 0.3) is 0 Å². The second-order valence-electron chi connectivity index (χ2n) is 4.38. The van der Waals surface area contributed by atoms with Crippen LogP contribution in [0.5, 0.6) is 5.75 Å². The Morgan fingerprint density at radius 3 is 2.26 bits per heavy atom. The molecule has 5 atom stereocenters. The molecular weight excluding hydrogens is 254 g/mol. The summed E-state index contributed by atoms with van der Waals surface area (Å²) in [5.41, 5.74) is 6.09. The highest BCUT2D eigenvalue weighted by Gasteiger charge is 2.44. The monoisotopic (exact) mass is 271 g/mol. The molecule has 2 rings (SSSR count). The van der Waals surface area contributed by atoms with Crippen molar-refractivity contribution in [1.29, 1.82) is 0 Å². The highest BCUT2D eigenvalue weighted by atomic mass is 16.7. The van der Waals surface area contributed by atoms with Crippen molar-refractivity contribution >= 4 is 5.69 Å². The number of ether oxygens (including phenoxy) is 2. The van der Waals surface area contributed by atoms with Crippen LogP contribution in [-0.4, -0.2) is 57.7 Å². The molecule has 0 spiro atoms. The lowest BCUT2D eigenvalue weighted by atomic mass is 9.99. The number of rotatable bonds is 3. The van der Waals surface area contributed by atoms with Gasteiger partial charge in [0.15, 0.2) is 0 Å². The predicted octanol–water partition coefficient (Wildman–Crippen LogP) is -1.55. The minimum atomic E-state index is -1.45. The Morgan fingerprint density at radius 2 is 1.68 bits per heavy atom. The van der Waals surface area contributed by atoms with Crippen LogP contribution in [0.15, 0.2) is 24.3 Å². The summed E-state index contributed by atoms with van der Waals surface area (Å²) >= 11 is 0. The third kappa shape index (κ3) is 2.96. The zero-order valence-corrected chi connectivity index (χ0v) is 10.1. The molecular formula is C12H17NO6. The summed E-state index contributed by atoms with van der Waals surface area (Å²) in [7, 11) is 0. The molecule has 7 nitrogen and oxygen atoms in total. The maximum absolute atomic E-state index is 9.77. The Kier molecular flexibility index (Phi) is 4.23. The van der Waals surface area contributed by atoms with Gasteiger partial charge in [-0.15, -0.1) is 0 Å². The molecule has 106 valence electrons. The van der Waals surface area contributed by atoms with Crippen LogP contribution in [0.3, 0.4) is 0 Å². The van der Waals surface area contributed by atoms with Gasteiger partial charge < -0.3 is 35.6 Å². The van der Waals surface area contributed by atoms with E-state index >= 15 is 0 Å². The molecule has 0 radical (unpaired) electrons. The first-order chi connectivity index (χ1) is 9.02. The van der Waals surface area contributed by atoms with E-state index in [1.807, 2.05) is 0 Å². The molecule has 19 heavy (non-hydrogen) atoms. The van der Waals surface area contributed by atoms with Crippen molar-refractivity contribution in [2.45, 2.75) is 30.7 Å². The molecule has 0 saturated carbocycles. The Hall–Kier alpha value is -1.38. The predicted molar refractivity (Wildman–Crippen MR) is 65.2 cm³/mol. The maximum atomic E-state index is 9.77. The van der Waals surface area contributed by atoms with Crippen LogP contribution in [0.1, 0.15) is 0 Å². The van der Waals surface area contributed by atoms with Crippen LogP contribution in [0.25, 0.3) is 0 Å². The summed E-state index contributed by atoms with van der Waals surface area (Å²) in [5.74, 6) is 0.388. The summed E-state index contributed by atoms with van der Waals surface area (Å²) in [4.78, 5) is 0. The van der Waals surface area contributed by atoms with Crippen molar-refractivity contribution in [2.75, 3.05) is 12.3 Å². The Balaban J connectivity index is 2.08. The van der Waals surface area contributed by atoms with Crippen molar-refractivity contribution in [3.05, 3.63) is 24.3 Å². The molecule has 1 aliphatic heterocycles. The number of aliphatic hydroxyl groups is 4. The van der Waals surface area contributed by atoms with Crippen molar-refractivity contribution in [3.8, 4) is 5.75 Å². The van der Waals surface area contributed by atoms with E-state index < -0.39 is 37.3 Å². The smallest absolute Gasteiger partial charge is 0.229 e. The number of anilines is 1. The van der Waals surface area contributed by atoms with Gasteiger partial charge in [0, 0.05) is 5.69 Å². The van der Waals surface area contributed by atoms with Crippen molar-refractivity contribution in [3.63, 3.8) is 0 Å². The molecule has 0 bridgehead atoms. The van der Waals surface area contributed by atoms with Crippen LogP contribution in [0, 0.1) is 0 Å². The van der Waals surface area contributed by atoms with E-state index in [4.69, 9.17) is 20.3 Å². The molecule has 1 saturated heterocycles. The molecule has 0 aromatic heterocycles. The number of nitrogen functional groups attached to an aromatic ring is 1. The van der Waals surface area contributed by atoms with E-state index in [0.29, 0.717) is 11.4 Å². The zero-order chi connectivity index (χ0) is 14.0. The van der Waals surface area contributed by atoms with Crippen molar-refractivity contribution < 1.29 is 29.9 Å². The summed E-state index contributed by atoms with van der Waals surface area (Å²) < 4.78 is 10.6. The number of nitrogens with two attached hydrogens (primary N) is 1. The number of hydrogen-bond donors (Lipinski definition) is 5. The van der Waals surface area contributed by atoms with E-state index in [1.165, 1.54) is 0 Å². The van der Waals surface area contributed by atoms with Gasteiger partial charge in [-0.1, -0.05) is 0 Å². The number of benzene rings is 1. The number of hydrogen-bond acceptors (Lipinski definition) is 7. The average molecular weight is 271 g/mol. The molecule has 7 heteroatoms. The van der Waals surface area contributed by atoms with E-state index in [0.717, 1.165) is 0 Å². The van der Waals surface area contributed by atoms with Crippen LogP contribution in [0.4, 0.5) is 5.69 Å². The average Bonchev–Trinajstić information content (AvgIpc) is 2.42. The standard InChI is InChI=1S/C12H17NO6/c13-6-1-3-7(4-2-6)18-12-11(17)10(16)9(15)8(5-14)19-12/h1-4,8-12,14-17H,5,13H2/t8-,9+,10-,11-,12?/m1/s1. The quantitative estimate of drug-likeness (QED) is 0.421. The van der Waals surface area contributed by atoms with Gasteiger partial charge in [-0.3, -0.25) is 0 Å². The molecule has 1 heterocycles. The van der Waals surface area contributed by atoms with Gasteiger partial charge in [-0.2, -0.15) is 0 Å². The topological polar surface area (TPSA) is 125 Å². The number of aliphatic hydroxyl groups excluding tert-OH is 4. The van der Waals surface area contributed by atoms with E-state index in [9.17, 15) is 15.3 Å². The van der Waals surface area contributed by atoms with E-state index in [-0.39, 0.29) is 0 Å². The molecule has 1 aliphatic rings. The van der Waals surface area contributed by atoms with Gasteiger partial charge >= 0.3 is 0 Å². The van der Waals surface area contributed by atoms with Crippen molar-refractivity contribution in [1.82, 2.24) is 0 Å². The van der Waals surface area contributed by atoms with Gasteiger partial charge in [-0.25, -0.2) is 0 Å². The lowest BCUT2D eigenvalue weighted by Gasteiger charge is -2.39. The van der Waals surface area contributed by atoms with E-state index in [2.05, 4.69) is 0 Å². The van der Waals surface area contributed by atoms with Crippen LogP contribution < -0.4 is 10.5 Å². The highest BCUT2D eigenvalue weighted by molar-refractivity contribution is 5.41. The second-order valence-corrected chi connectivity index (χ2v) is 4.38. The summed E-state index contributed by atoms with van der Waals surface area (Å²) in [6.07, 6.45) is -6.44. The van der Waals surface area contributed by atoms with E-state index in [1.54, 1.807) is 24.3 Å². The fourth-order valence-electron chi connectivity index (χ4n) is 1.85. The lowest BCUT2D eigenvalue weighted by molar-refractivity contribution is -0.277. The lowest BCUT2D eigenvalue weighted by Crippen LogP contribution is -2.60. The normalized spacial score (nSPS) is 35.1. The molecule has 1 fully saturated rings. The van der Waals surface area contributed by atoms with Crippen LogP contribution >= 0.6 is 0 Å². The van der Waals surface area contributed by atoms with Crippen molar-refractivity contribution in [2.24, 2.45) is 0 Å². The van der Waals surface area contributed by atoms with Gasteiger partial charge in [0.05, 0.1) is 6.61 Å². The Bertz CT molecular complexity index is 409. The Morgan fingerprint density at radius 1 is 1.05 bits per heavy atom. The summed E-state index contributed by atoms with van der Waals surface area (Å²) in [6, 6.07) is 6.38. The van der Waals surface area contributed by atoms with Crippen LogP contribution in [-0.2, 0) is 4.74 Å². The molecule has 6 N–H and O–H groups in total. The molecule has 0 amide bonds. The third-order valence-electron chi connectivity index (χ3n) is 2.98. The molecule has 0 aliphatic carbocycles. The first kappa shape index (κ1) is 14.0. The minimum Gasteiger partial charge on any atom is -0.462 e. The SMILES string of the molecule is Nc1ccc(OC2O[C@H](CO)[C@H](O)[C@@H](O)[C@H]2O)cc1. The summed E-state index contributed by atoms with van der Waals surface area (Å²) in [6.45, 7) is -0.494.